The van der Waals surface area contributed by atoms with Gasteiger partial charge >= 0.3 is 0 Å². The van der Waals surface area contributed by atoms with Gasteiger partial charge < -0.3 is 10.5 Å². The maximum atomic E-state index is 13.1. The van der Waals surface area contributed by atoms with E-state index in [-0.39, 0.29) is 16.3 Å². The summed E-state index contributed by atoms with van der Waals surface area (Å²) in [5, 5.41) is 0. The summed E-state index contributed by atoms with van der Waals surface area (Å²) < 4.78 is 44.9. The first-order valence-electron chi connectivity index (χ1n) is 5.65. The minimum atomic E-state index is -3.86. The number of nitrogens with two attached hydrogens (primary N) is 1. The molecule has 5 nitrogen and oxygen atoms in total. The molecule has 0 saturated carbocycles. The highest BCUT2D eigenvalue weighted by molar-refractivity contribution is 7.92. The molecular weight excluding hydrogens is 283 g/mol. The van der Waals surface area contributed by atoms with Crippen LogP contribution in [0.15, 0.2) is 47.4 Å². The molecule has 0 heterocycles. The quantitative estimate of drug-likeness (QED) is 0.848. The van der Waals surface area contributed by atoms with Gasteiger partial charge in [0.15, 0.2) is 0 Å². The molecule has 2 rings (SSSR count). The van der Waals surface area contributed by atoms with Crippen LogP contribution in [0.2, 0.25) is 0 Å². The van der Waals surface area contributed by atoms with Crippen LogP contribution in [-0.4, -0.2) is 15.5 Å². The van der Waals surface area contributed by atoms with Gasteiger partial charge in [0.2, 0.25) is 0 Å². The van der Waals surface area contributed by atoms with Crippen LogP contribution in [-0.2, 0) is 10.0 Å². The molecule has 0 bridgehead atoms. The summed E-state index contributed by atoms with van der Waals surface area (Å²) in [5.41, 5.74) is 5.44. The predicted molar refractivity (Wildman–Crippen MR) is 74.6 cm³/mol. The molecular formula is C13H13FN2O3S. The van der Waals surface area contributed by atoms with Crippen LogP contribution in [0.4, 0.5) is 15.8 Å². The monoisotopic (exact) mass is 296 g/mol. The largest absolute Gasteiger partial charge is 0.495 e. The summed E-state index contributed by atoms with van der Waals surface area (Å²) in [5.74, 6) is -0.285. The molecule has 0 aliphatic rings. The number of rotatable bonds is 4. The van der Waals surface area contributed by atoms with Crippen molar-refractivity contribution in [3.8, 4) is 5.75 Å². The number of halogens is 1. The Balaban J connectivity index is 2.38. The first-order chi connectivity index (χ1) is 9.44. The Morgan fingerprint density at radius 2 is 1.90 bits per heavy atom. The second-order valence-electron chi connectivity index (χ2n) is 3.99. The van der Waals surface area contributed by atoms with Gasteiger partial charge in [0.25, 0.3) is 10.0 Å². The molecule has 0 aliphatic carbocycles. The maximum Gasteiger partial charge on any atom is 0.262 e. The lowest BCUT2D eigenvalue weighted by Gasteiger charge is -2.12. The normalized spacial score (nSPS) is 11.1. The smallest absolute Gasteiger partial charge is 0.262 e. The van der Waals surface area contributed by atoms with Crippen molar-refractivity contribution in [3.05, 3.63) is 48.3 Å². The van der Waals surface area contributed by atoms with Crippen LogP contribution < -0.4 is 15.2 Å². The van der Waals surface area contributed by atoms with Crippen molar-refractivity contribution in [1.82, 2.24) is 0 Å². The fraction of sp³-hybridized carbons (Fsp3) is 0.0769. The van der Waals surface area contributed by atoms with E-state index in [1.807, 2.05) is 0 Å². The molecule has 0 unspecified atom stereocenters. The Hall–Kier alpha value is -2.28. The number of para-hydroxylation sites is 2. The molecule has 0 amide bonds. The Kier molecular flexibility index (Phi) is 3.80. The third-order valence-corrected chi connectivity index (χ3v) is 3.99. The number of hydrogen-bond donors (Lipinski definition) is 2. The van der Waals surface area contributed by atoms with Crippen LogP contribution in [0.25, 0.3) is 0 Å². The number of nitrogens with one attached hydrogen (secondary N) is 1. The summed E-state index contributed by atoms with van der Waals surface area (Å²) in [4.78, 5) is -0.123. The van der Waals surface area contributed by atoms with Gasteiger partial charge in [0.1, 0.15) is 11.6 Å². The zero-order valence-corrected chi connectivity index (χ0v) is 11.4. The standard InChI is InChI=1S/C13H13FN2O3S/c1-19-13-5-3-2-4-12(13)16-20(17,18)9-6-7-10(14)11(15)8-9/h2-8,16H,15H2,1H3. The average Bonchev–Trinajstić information content (AvgIpc) is 2.42. The van der Waals surface area contributed by atoms with Crippen molar-refractivity contribution in [1.29, 1.82) is 0 Å². The van der Waals surface area contributed by atoms with Gasteiger partial charge in [0.05, 0.1) is 23.4 Å². The molecule has 0 radical (unpaired) electrons. The molecule has 0 spiro atoms. The van der Waals surface area contributed by atoms with E-state index in [4.69, 9.17) is 10.5 Å². The molecule has 2 aromatic rings. The number of sulfonamides is 1. The van der Waals surface area contributed by atoms with Crippen molar-refractivity contribution >= 4 is 21.4 Å². The van der Waals surface area contributed by atoms with Gasteiger partial charge in [-0.05, 0) is 30.3 Å². The molecule has 0 atom stereocenters. The third-order valence-electron chi connectivity index (χ3n) is 2.63. The number of nitrogen functional groups attached to an aromatic ring is 1. The summed E-state index contributed by atoms with van der Waals surface area (Å²) in [6, 6.07) is 9.77. The number of ether oxygens (including phenoxy) is 1. The van der Waals surface area contributed by atoms with Crippen molar-refractivity contribution in [2.75, 3.05) is 17.6 Å². The number of benzene rings is 2. The molecule has 0 aromatic heterocycles. The van der Waals surface area contributed by atoms with Crippen molar-refractivity contribution in [2.24, 2.45) is 0 Å². The van der Waals surface area contributed by atoms with E-state index in [0.717, 1.165) is 18.2 Å². The van der Waals surface area contributed by atoms with E-state index in [2.05, 4.69) is 4.72 Å². The van der Waals surface area contributed by atoms with E-state index < -0.39 is 15.8 Å². The lowest BCUT2D eigenvalue weighted by atomic mass is 10.3. The van der Waals surface area contributed by atoms with Gasteiger partial charge in [-0.3, -0.25) is 4.72 Å². The van der Waals surface area contributed by atoms with Gasteiger partial charge in [-0.2, -0.15) is 0 Å². The van der Waals surface area contributed by atoms with E-state index >= 15 is 0 Å². The number of anilines is 2. The fourth-order valence-electron chi connectivity index (χ4n) is 1.62. The first-order valence-corrected chi connectivity index (χ1v) is 7.13. The van der Waals surface area contributed by atoms with Crippen LogP contribution in [0.1, 0.15) is 0 Å². The van der Waals surface area contributed by atoms with Gasteiger partial charge in [-0.15, -0.1) is 0 Å². The number of hydrogen-bond acceptors (Lipinski definition) is 4. The maximum absolute atomic E-state index is 13.1. The highest BCUT2D eigenvalue weighted by Gasteiger charge is 2.17. The van der Waals surface area contributed by atoms with Crippen LogP contribution in [0.5, 0.6) is 5.75 Å². The lowest BCUT2D eigenvalue weighted by molar-refractivity contribution is 0.417. The molecule has 2 aromatic carbocycles. The summed E-state index contributed by atoms with van der Waals surface area (Å²) in [6.07, 6.45) is 0. The fourth-order valence-corrected chi connectivity index (χ4v) is 2.73. The first kappa shape index (κ1) is 14.1. The highest BCUT2D eigenvalue weighted by atomic mass is 32.2. The Bertz CT molecular complexity index is 732. The summed E-state index contributed by atoms with van der Waals surface area (Å²) in [6.45, 7) is 0. The van der Waals surface area contributed by atoms with Crippen molar-refractivity contribution < 1.29 is 17.5 Å². The van der Waals surface area contributed by atoms with E-state index in [1.165, 1.54) is 7.11 Å². The zero-order chi connectivity index (χ0) is 14.8. The van der Waals surface area contributed by atoms with Crippen LogP contribution >= 0.6 is 0 Å². The van der Waals surface area contributed by atoms with Crippen LogP contribution in [0, 0.1) is 5.82 Å². The molecule has 7 heteroatoms. The Morgan fingerprint density at radius 1 is 1.20 bits per heavy atom. The molecule has 3 N–H and O–H groups in total. The molecule has 0 saturated heterocycles. The Morgan fingerprint density at radius 3 is 2.55 bits per heavy atom. The zero-order valence-electron chi connectivity index (χ0n) is 10.6. The lowest BCUT2D eigenvalue weighted by Crippen LogP contribution is -2.14. The summed E-state index contributed by atoms with van der Waals surface area (Å²) in [7, 11) is -2.43. The Labute approximate surface area is 116 Å². The van der Waals surface area contributed by atoms with E-state index in [0.29, 0.717) is 5.75 Å². The summed E-state index contributed by atoms with van der Waals surface area (Å²) >= 11 is 0. The van der Waals surface area contributed by atoms with Crippen molar-refractivity contribution in [3.63, 3.8) is 0 Å². The molecule has 0 aliphatic heterocycles. The topological polar surface area (TPSA) is 81.4 Å². The second kappa shape index (κ2) is 5.38. The SMILES string of the molecule is COc1ccccc1NS(=O)(=O)c1ccc(F)c(N)c1. The highest BCUT2D eigenvalue weighted by Crippen LogP contribution is 2.26. The van der Waals surface area contributed by atoms with Gasteiger partial charge in [-0.25, -0.2) is 12.8 Å². The van der Waals surface area contributed by atoms with Crippen LogP contribution in [0.3, 0.4) is 0 Å². The molecule has 20 heavy (non-hydrogen) atoms. The van der Waals surface area contributed by atoms with Gasteiger partial charge in [-0.1, -0.05) is 12.1 Å². The second-order valence-corrected chi connectivity index (χ2v) is 5.67. The predicted octanol–water partition coefficient (Wildman–Crippen LogP) is 2.22. The van der Waals surface area contributed by atoms with Gasteiger partial charge in [0, 0.05) is 0 Å². The molecule has 106 valence electrons. The third kappa shape index (κ3) is 2.83. The van der Waals surface area contributed by atoms with E-state index in [1.54, 1.807) is 24.3 Å². The minimum Gasteiger partial charge on any atom is -0.495 e. The molecule has 0 fully saturated rings. The average molecular weight is 296 g/mol. The van der Waals surface area contributed by atoms with E-state index in [9.17, 15) is 12.8 Å². The number of methoxy groups -OCH3 is 1. The minimum absolute atomic E-state index is 0.123. The van der Waals surface area contributed by atoms with Crippen molar-refractivity contribution in [2.45, 2.75) is 4.90 Å².